The third-order valence-electron chi connectivity index (χ3n) is 5.88. The zero-order valence-corrected chi connectivity index (χ0v) is 16.2. The minimum absolute atomic E-state index is 0.0556. The number of nitriles is 1. The molecule has 1 saturated heterocycles. The molecule has 2 fully saturated rings. The van der Waals surface area contributed by atoms with Crippen molar-refractivity contribution in [1.82, 2.24) is 10.2 Å². The molecule has 0 unspecified atom stereocenters. The van der Waals surface area contributed by atoms with Gasteiger partial charge in [0.15, 0.2) is 6.19 Å². The van der Waals surface area contributed by atoms with Gasteiger partial charge in [0.1, 0.15) is 0 Å². The van der Waals surface area contributed by atoms with E-state index in [1.54, 1.807) is 4.90 Å². The maximum absolute atomic E-state index is 12.5. The molecule has 3 rings (SSSR count). The van der Waals surface area contributed by atoms with Gasteiger partial charge in [0.2, 0.25) is 0 Å². The van der Waals surface area contributed by atoms with E-state index in [2.05, 4.69) is 23.7 Å². The van der Waals surface area contributed by atoms with E-state index in [0.29, 0.717) is 18.0 Å². The average Bonchev–Trinajstić information content (AvgIpc) is 3.13. The van der Waals surface area contributed by atoms with Gasteiger partial charge in [0.05, 0.1) is 0 Å². The smallest absolute Gasteiger partial charge is 0.251 e. The van der Waals surface area contributed by atoms with Crippen LogP contribution in [0.15, 0.2) is 47.6 Å². The molecule has 1 atom stereocenters. The maximum atomic E-state index is 12.5. The zero-order valence-electron chi connectivity index (χ0n) is 16.2. The van der Waals surface area contributed by atoms with Crippen LogP contribution in [0.4, 0.5) is 0 Å². The fourth-order valence-corrected chi connectivity index (χ4v) is 4.26. The molecule has 2 aliphatic carbocycles. The number of nitrogens with one attached hydrogen (secondary N) is 1. The van der Waals surface area contributed by atoms with E-state index >= 15 is 0 Å². The second-order valence-corrected chi connectivity index (χ2v) is 7.91. The summed E-state index contributed by atoms with van der Waals surface area (Å²) < 4.78 is 0. The van der Waals surface area contributed by atoms with Gasteiger partial charge < -0.3 is 10.2 Å². The lowest BCUT2D eigenvalue weighted by molar-refractivity contribution is -0.117. The van der Waals surface area contributed by atoms with Crippen molar-refractivity contribution in [3.63, 3.8) is 0 Å². The highest BCUT2D eigenvalue weighted by Gasteiger charge is 2.23. The minimum atomic E-state index is -0.0556. The Morgan fingerprint density at radius 3 is 2.41 bits per heavy atom. The van der Waals surface area contributed by atoms with Crippen LogP contribution in [0, 0.1) is 17.4 Å². The molecule has 0 bridgehead atoms. The van der Waals surface area contributed by atoms with Gasteiger partial charge in [-0.25, -0.2) is 0 Å². The maximum Gasteiger partial charge on any atom is 0.251 e. The molecule has 1 saturated carbocycles. The number of amides is 1. The van der Waals surface area contributed by atoms with E-state index in [1.165, 1.54) is 56.9 Å². The van der Waals surface area contributed by atoms with Crippen molar-refractivity contribution in [1.29, 1.82) is 5.26 Å². The van der Waals surface area contributed by atoms with E-state index < -0.39 is 0 Å². The van der Waals surface area contributed by atoms with Crippen LogP contribution in [0.1, 0.15) is 57.8 Å². The Morgan fingerprint density at radius 1 is 1.00 bits per heavy atom. The molecule has 1 amide bonds. The summed E-state index contributed by atoms with van der Waals surface area (Å²) in [5.41, 5.74) is 2.07. The number of likely N-dealkylation sites (tertiary alicyclic amines) is 1. The first-order chi connectivity index (χ1) is 13.3. The van der Waals surface area contributed by atoms with Crippen molar-refractivity contribution in [3.05, 3.63) is 47.6 Å². The summed E-state index contributed by atoms with van der Waals surface area (Å²) in [6, 6.07) is 0.0610. The normalized spacial score (nSPS) is 27.7. The highest BCUT2D eigenvalue weighted by atomic mass is 16.1. The molecule has 0 spiro atoms. The fraction of sp³-hybridized carbons (Fsp3) is 0.565. The second-order valence-electron chi connectivity index (χ2n) is 7.91. The average molecular weight is 366 g/mol. The monoisotopic (exact) mass is 365 g/mol. The third-order valence-corrected chi connectivity index (χ3v) is 5.88. The van der Waals surface area contributed by atoms with E-state index in [-0.39, 0.29) is 11.9 Å². The number of nitrogens with zero attached hydrogens (tertiary/aromatic N) is 2. The highest BCUT2D eigenvalue weighted by molar-refractivity contribution is 5.96. The second kappa shape index (κ2) is 10.2. The Labute approximate surface area is 163 Å². The summed E-state index contributed by atoms with van der Waals surface area (Å²) in [6.07, 6.45) is 25.9. The number of hydrogen-bond donors (Lipinski definition) is 1. The molecule has 4 nitrogen and oxygen atoms in total. The van der Waals surface area contributed by atoms with Gasteiger partial charge in [0, 0.05) is 24.7 Å². The molecule has 1 N–H and O–H groups in total. The number of carbonyl (C=O) groups excluding carboxylic acids is 1. The number of hydrogen-bond acceptors (Lipinski definition) is 3. The molecule has 1 aliphatic heterocycles. The lowest BCUT2D eigenvalue weighted by Gasteiger charge is -2.18. The van der Waals surface area contributed by atoms with Gasteiger partial charge in [-0.2, -0.15) is 5.26 Å². The van der Waals surface area contributed by atoms with Crippen LogP contribution in [0.25, 0.3) is 0 Å². The Balaban J connectivity index is 1.58. The van der Waals surface area contributed by atoms with Crippen LogP contribution in [-0.4, -0.2) is 29.9 Å². The summed E-state index contributed by atoms with van der Waals surface area (Å²) in [4.78, 5) is 14.2. The van der Waals surface area contributed by atoms with Crippen LogP contribution >= 0.6 is 0 Å². The van der Waals surface area contributed by atoms with Crippen molar-refractivity contribution >= 4 is 5.91 Å². The summed E-state index contributed by atoms with van der Waals surface area (Å²) in [6.45, 7) is 1.34. The first kappa shape index (κ1) is 19.5. The molecular weight excluding hydrogens is 334 g/mol. The molecule has 3 aliphatic rings. The molecule has 144 valence electrons. The zero-order chi connectivity index (χ0) is 18.9. The molecule has 1 heterocycles. The van der Waals surface area contributed by atoms with E-state index in [0.717, 1.165) is 13.0 Å². The SMILES string of the molecule is N#CN1CC[C@@H](NC(=O)C2=C/C=C\C(C3CCCCCCCC3)=C/C=C2)C1. The van der Waals surface area contributed by atoms with E-state index in [1.807, 2.05) is 24.3 Å². The van der Waals surface area contributed by atoms with Gasteiger partial charge >= 0.3 is 0 Å². The van der Waals surface area contributed by atoms with Gasteiger partial charge in [-0.1, -0.05) is 62.8 Å². The Morgan fingerprint density at radius 2 is 1.70 bits per heavy atom. The summed E-state index contributed by atoms with van der Waals surface area (Å²) in [5.74, 6) is 0.586. The lowest BCUT2D eigenvalue weighted by atomic mass is 9.88. The topological polar surface area (TPSA) is 56.1 Å². The third kappa shape index (κ3) is 5.85. The lowest BCUT2D eigenvalue weighted by Crippen LogP contribution is -2.37. The molecule has 0 aromatic rings. The van der Waals surface area contributed by atoms with Gasteiger partial charge in [-0.15, -0.1) is 0 Å². The Hall–Kier alpha value is -2.28. The van der Waals surface area contributed by atoms with Crippen molar-refractivity contribution < 1.29 is 4.79 Å². The molecule has 27 heavy (non-hydrogen) atoms. The van der Waals surface area contributed by atoms with Crippen LogP contribution in [0.3, 0.4) is 0 Å². The van der Waals surface area contributed by atoms with Gasteiger partial charge in [0.25, 0.3) is 5.91 Å². The number of rotatable bonds is 3. The molecule has 0 aromatic heterocycles. The molecule has 0 aromatic carbocycles. The van der Waals surface area contributed by atoms with Crippen LogP contribution in [0.5, 0.6) is 0 Å². The molecule has 0 radical (unpaired) electrons. The number of allylic oxidation sites excluding steroid dienone is 6. The first-order valence-electron chi connectivity index (χ1n) is 10.5. The largest absolute Gasteiger partial charge is 0.347 e. The van der Waals surface area contributed by atoms with Crippen LogP contribution in [-0.2, 0) is 4.79 Å². The highest BCUT2D eigenvalue weighted by Crippen LogP contribution is 2.29. The van der Waals surface area contributed by atoms with Crippen LogP contribution < -0.4 is 5.32 Å². The Bertz CT molecular complexity index is 670. The molecular formula is C23H31N3O. The first-order valence-corrected chi connectivity index (χ1v) is 10.5. The predicted molar refractivity (Wildman–Crippen MR) is 109 cm³/mol. The number of carbonyl (C=O) groups is 1. The summed E-state index contributed by atoms with van der Waals surface area (Å²) in [5, 5.41) is 12.0. The van der Waals surface area contributed by atoms with Crippen LogP contribution in [0.2, 0.25) is 0 Å². The standard InChI is InChI=1S/C23H31N3O/c24-18-26-16-15-22(17-26)25-23(27)21-13-7-11-20(12-8-14-21)19-9-5-3-1-2-4-6-10-19/h7-8,11-14,19,22H,1-6,9-10,15-17H2,(H,25,27)/b11-7-,12-8?,13-7?,14-8?,20-11?,20-12+,21-13?,21-14?/t22-/m1/s1. The van der Waals surface area contributed by atoms with Crippen molar-refractivity contribution in [3.8, 4) is 6.19 Å². The van der Waals surface area contributed by atoms with E-state index in [9.17, 15) is 4.79 Å². The predicted octanol–water partition coefficient (Wildman–Crippen LogP) is 4.39. The summed E-state index contributed by atoms with van der Waals surface area (Å²) in [7, 11) is 0. The summed E-state index contributed by atoms with van der Waals surface area (Å²) >= 11 is 0. The van der Waals surface area contributed by atoms with E-state index in [4.69, 9.17) is 5.26 Å². The van der Waals surface area contributed by atoms with Gasteiger partial charge in [-0.3, -0.25) is 4.79 Å². The van der Waals surface area contributed by atoms with Crippen molar-refractivity contribution in [2.24, 2.45) is 5.92 Å². The quantitative estimate of drug-likeness (QED) is 0.755. The van der Waals surface area contributed by atoms with Gasteiger partial charge in [-0.05, 0) is 42.9 Å². The fourth-order valence-electron chi connectivity index (χ4n) is 4.26. The minimum Gasteiger partial charge on any atom is -0.347 e. The Kier molecular flexibility index (Phi) is 7.33. The van der Waals surface area contributed by atoms with Crippen molar-refractivity contribution in [2.45, 2.75) is 63.8 Å². The van der Waals surface area contributed by atoms with Crippen molar-refractivity contribution in [2.75, 3.05) is 13.1 Å². The molecule has 4 heteroatoms.